The Bertz CT molecular complexity index is 498. The van der Waals surface area contributed by atoms with Gasteiger partial charge in [-0.05, 0) is 11.6 Å². The van der Waals surface area contributed by atoms with Crippen molar-refractivity contribution in [1.82, 2.24) is 4.98 Å². The number of rotatable bonds is 4. The van der Waals surface area contributed by atoms with Crippen LogP contribution in [0.4, 0.5) is 6.01 Å². The van der Waals surface area contributed by atoms with Gasteiger partial charge in [-0.25, -0.2) is 0 Å². The summed E-state index contributed by atoms with van der Waals surface area (Å²) in [6, 6.07) is 8.67. The summed E-state index contributed by atoms with van der Waals surface area (Å²) in [5, 5.41) is 0. The number of nitrogens with zero attached hydrogens (tertiary/aromatic N) is 2. The van der Waals surface area contributed by atoms with Gasteiger partial charge in [0, 0.05) is 24.6 Å². The van der Waals surface area contributed by atoms with E-state index in [0.717, 1.165) is 16.7 Å². The standard InChI is InChI=1S/C12H14BrN3O/c1-16(12-15-10(6-14)8-17-12)7-9-4-2-3-5-11(9)13/h2-5,8H,6-7,14H2,1H3. The molecule has 0 aliphatic carbocycles. The summed E-state index contributed by atoms with van der Waals surface area (Å²) >= 11 is 3.52. The van der Waals surface area contributed by atoms with Gasteiger partial charge in [-0.15, -0.1) is 0 Å². The van der Waals surface area contributed by atoms with Gasteiger partial charge in [0.25, 0.3) is 6.01 Å². The van der Waals surface area contributed by atoms with E-state index < -0.39 is 0 Å². The quantitative estimate of drug-likeness (QED) is 0.942. The minimum atomic E-state index is 0.395. The lowest BCUT2D eigenvalue weighted by molar-refractivity contribution is 0.543. The van der Waals surface area contributed by atoms with Crippen molar-refractivity contribution in [3.8, 4) is 0 Å². The van der Waals surface area contributed by atoms with E-state index in [9.17, 15) is 0 Å². The third-order valence-electron chi connectivity index (χ3n) is 2.44. The molecule has 0 fully saturated rings. The van der Waals surface area contributed by atoms with Crippen LogP contribution in [0, 0.1) is 0 Å². The highest BCUT2D eigenvalue weighted by atomic mass is 79.9. The maximum Gasteiger partial charge on any atom is 0.297 e. The van der Waals surface area contributed by atoms with Gasteiger partial charge in [0.15, 0.2) is 0 Å². The minimum Gasteiger partial charge on any atom is -0.432 e. The smallest absolute Gasteiger partial charge is 0.297 e. The molecule has 0 spiro atoms. The van der Waals surface area contributed by atoms with Crippen molar-refractivity contribution in [2.45, 2.75) is 13.1 Å². The Morgan fingerprint density at radius 2 is 2.18 bits per heavy atom. The highest BCUT2D eigenvalue weighted by molar-refractivity contribution is 9.10. The van der Waals surface area contributed by atoms with Crippen molar-refractivity contribution in [3.63, 3.8) is 0 Å². The van der Waals surface area contributed by atoms with Crippen molar-refractivity contribution in [3.05, 3.63) is 46.3 Å². The molecule has 2 aromatic rings. The van der Waals surface area contributed by atoms with Crippen molar-refractivity contribution in [1.29, 1.82) is 0 Å². The lowest BCUT2D eigenvalue weighted by Gasteiger charge is -2.15. The summed E-state index contributed by atoms with van der Waals surface area (Å²) in [5.74, 6) is 0. The van der Waals surface area contributed by atoms with E-state index in [1.807, 2.05) is 30.1 Å². The van der Waals surface area contributed by atoms with Crippen molar-refractivity contribution < 1.29 is 4.42 Å². The Morgan fingerprint density at radius 1 is 1.41 bits per heavy atom. The zero-order valence-corrected chi connectivity index (χ0v) is 11.1. The second-order valence-corrected chi connectivity index (χ2v) is 4.63. The summed E-state index contributed by atoms with van der Waals surface area (Å²) in [7, 11) is 1.94. The van der Waals surface area contributed by atoms with Gasteiger partial charge >= 0.3 is 0 Å². The summed E-state index contributed by atoms with van der Waals surface area (Å²) in [6.45, 7) is 1.12. The Hall–Kier alpha value is -1.33. The number of oxazole rings is 1. The summed E-state index contributed by atoms with van der Waals surface area (Å²) in [4.78, 5) is 6.22. The number of aromatic nitrogens is 1. The number of halogens is 1. The van der Waals surface area contributed by atoms with Gasteiger partial charge in [0.05, 0.1) is 5.69 Å². The van der Waals surface area contributed by atoms with Crippen LogP contribution in [-0.4, -0.2) is 12.0 Å². The summed E-state index contributed by atoms with van der Waals surface area (Å²) in [5.41, 5.74) is 7.44. The van der Waals surface area contributed by atoms with E-state index in [2.05, 4.69) is 27.0 Å². The molecule has 4 nitrogen and oxygen atoms in total. The zero-order chi connectivity index (χ0) is 12.3. The SMILES string of the molecule is CN(Cc1ccccc1Br)c1nc(CN)co1. The highest BCUT2D eigenvalue weighted by Crippen LogP contribution is 2.20. The van der Waals surface area contributed by atoms with Gasteiger partial charge < -0.3 is 15.1 Å². The minimum absolute atomic E-state index is 0.395. The first-order chi connectivity index (χ1) is 8.20. The molecule has 0 unspecified atom stereocenters. The fourth-order valence-electron chi connectivity index (χ4n) is 1.52. The van der Waals surface area contributed by atoms with E-state index in [4.69, 9.17) is 10.2 Å². The molecule has 1 heterocycles. The third-order valence-corrected chi connectivity index (χ3v) is 3.21. The summed E-state index contributed by atoms with van der Waals surface area (Å²) in [6.07, 6.45) is 1.59. The lowest BCUT2D eigenvalue weighted by atomic mass is 10.2. The molecule has 0 aliphatic heterocycles. The molecule has 0 aliphatic rings. The van der Waals surface area contributed by atoms with Crippen LogP contribution in [0.3, 0.4) is 0 Å². The molecule has 0 bridgehead atoms. The molecule has 0 atom stereocenters. The predicted octanol–water partition coefficient (Wildman–Crippen LogP) is 2.53. The van der Waals surface area contributed by atoms with E-state index in [0.29, 0.717) is 12.6 Å². The van der Waals surface area contributed by atoms with Crippen molar-refractivity contribution >= 4 is 21.9 Å². The molecule has 0 radical (unpaired) electrons. The first-order valence-corrected chi connectivity index (χ1v) is 6.09. The van der Waals surface area contributed by atoms with Crippen LogP contribution in [0.5, 0.6) is 0 Å². The van der Waals surface area contributed by atoms with Crippen LogP contribution in [-0.2, 0) is 13.1 Å². The van der Waals surface area contributed by atoms with Crippen LogP contribution in [0.1, 0.15) is 11.3 Å². The van der Waals surface area contributed by atoms with E-state index >= 15 is 0 Å². The number of nitrogens with two attached hydrogens (primary N) is 1. The predicted molar refractivity (Wildman–Crippen MR) is 70.6 cm³/mol. The Labute approximate surface area is 109 Å². The van der Waals surface area contributed by atoms with Gasteiger partial charge in [0.1, 0.15) is 6.26 Å². The van der Waals surface area contributed by atoms with Crippen LogP contribution in [0.15, 0.2) is 39.4 Å². The average Bonchev–Trinajstić information content (AvgIpc) is 2.81. The normalized spacial score (nSPS) is 10.5. The maximum absolute atomic E-state index is 5.49. The Kier molecular flexibility index (Phi) is 3.81. The zero-order valence-electron chi connectivity index (χ0n) is 9.56. The second kappa shape index (κ2) is 5.33. The maximum atomic E-state index is 5.49. The molecule has 17 heavy (non-hydrogen) atoms. The molecular formula is C12H14BrN3O. The molecule has 1 aromatic carbocycles. The van der Waals surface area contributed by atoms with Crippen molar-refractivity contribution in [2.24, 2.45) is 5.73 Å². The molecule has 1 aromatic heterocycles. The fraction of sp³-hybridized carbons (Fsp3) is 0.250. The summed E-state index contributed by atoms with van der Waals surface area (Å²) < 4.78 is 6.43. The molecular weight excluding hydrogens is 282 g/mol. The molecule has 0 saturated carbocycles. The topological polar surface area (TPSA) is 55.3 Å². The molecule has 2 rings (SSSR count). The van der Waals surface area contributed by atoms with E-state index in [1.54, 1.807) is 6.26 Å². The number of hydrogen-bond donors (Lipinski definition) is 1. The molecule has 90 valence electrons. The van der Waals surface area contributed by atoms with Crippen LogP contribution >= 0.6 is 15.9 Å². The highest BCUT2D eigenvalue weighted by Gasteiger charge is 2.10. The van der Waals surface area contributed by atoms with E-state index in [-0.39, 0.29) is 0 Å². The van der Waals surface area contributed by atoms with Gasteiger partial charge in [0.2, 0.25) is 0 Å². The molecule has 5 heteroatoms. The molecule has 0 saturated heterocycles. The number of anilines is 1. The van der Waals surface area contributed by atoms with Crippen LogP contribution in [0.2, 0.25) is 0 Å². The van der Waals surface area contributed by atoms with E-state index in [1.165, 1.54) is 5.56 Å². The monoisotopic (exact) mass is 295 g/mol. The number of benzene rings is 1. The van der Waals surface area contributed by atoms with Crippen LogP contribution in [0.25, 0.3) is 0 Å². The van der Waals surface area contributed by atoms with Gasteiger partial charge in [-0.1, -0.05) is 34.1 Å². The first-order valence-electron chi connectivity index (χ1n) is 5.29. The van der Waals surface area contributed by atoms with Crippen molar-refractivity contribution in [2.75, 3.05) is 11.9 Å². The van der Waals surface area contributed by atoms with Gasteiger partial charge in [-0.3, -0.25) is 0 Å². The molecule has 0 amide bonds. The lowest BCUT2D eigenvalue weighted by Crippen LogP contribution is -2.17. The second-order valence-electron chi connectivity index (χ2n) is 3.77. The average molecular weight is 296 g/mol. The first kappa shape index (κ1) is 12.1. The number of hydrogen-bond acceptors (Lipinski definition) is 4. The Morgan fingerprint density at radius 3 is 2.82 bits per heavy atom. The molecule has 2 N–H and O–H groups in total. The Balaban J connectivity index is 2.11. The third kappa shape index (κ3) is 2.87. The largest absolute Gasteiger partial charge is 0.432 e. The van der Waals surface area contributed by atoms with Crippen LogP contribution < -0.4 is 10.6 Å². The van der Waals surface area contributed by atoms with Gasteiger partial charge in [-0.2, -0.15) is 4.98 Å². The fourth-order valence-corrected chi connectivity index (χ4v) is 1.93.